The average molecular weight is 183 g/mol. The van der Waals surface area contributed by atoms with Crippen molar-refractivity contribution in [2.45, 2.75) is 26.2 Å². The first-order chi connectivity index (χ1) is 6.01. The third kappa shape index (κ3) is 3.42. The molecule has 0 spiro atoms. The Morgan fingerprint density at radius 3 is 2.23 bits per heavy atom. The SMILES string of the molecule is CC(C)(F)Oc1ccc(CN)cc1. The van der Waals surface area contributed by atoms with Crippen molar-refractivity contribution < 1.29 is 9.13 Å². The molecule has 72 valence electrons. The molecule has 2 nitrogen and oxygen atoms in total. The van der Waals surface area contributed by atoms with Crippen LogP contribution in [0.1, 0.15) is 19.4 Å². The summed E-state index contributed by atoms with van der Waals surface area (Å²) in [6, 6.07) is 7.06. The summed E-state index contributed by atoms with van der Waals surface area (Å²) < 4.78 is 18.0. The van der Waals surface area contributed by atoms with E-state index in [0.717, 1.165) is 5.56 Å². The summed E-state index contributed by atoms with van der Waals surface area (Å²) in [6.07, 6.45) is 0. The third-order valence-electron chi connectivity index (χ3n) is 1.52. The highest BCUT2D eigenvalue weighted by atomic mass is 19.2. The van der Waals surface area contributed by atoms with Gasteiger partial charge >= 0.3 is 0 Å². The summed E-state index contributed by atoms with van der Waals surface area (Å²) in [6.45, 7) is 3.22. The van der Waals surface area contributed by atoms with E-state index < -0.39 is 5.85 Å². The minimum absolute atomic E-state index is 0.485. The third-order valence-corrected chi connectivity index (χ3v) is 1.52. The van der Waals surface area contributed by atoms with Crippen LogP contribution >= 0.6 is 0 Å². The van der Waals surface area contributed by atoms with Gasteiger partial charge < -0.3 is 10.5 Å². The lowest BCUT2D eigenvalue weighted by molar-refractivity contribution is -0.0257. The number of ether oxygens (including phenoxy) is 1. The molecule has 1 aromatic rings. The molecule has 0 fully saturated rings. The number of halogens is 1. The molecule has 0 saturated carbocycles. The second-order valence-corrected chi connectivity index (χ2v) is 3.31. The van der Waals surface area contributed by atoms with Gasteiger partial charge in [0, 0.05) is 20.4 Å². The van der Waals surface area contributed by atoms with Crippen molar-refractivity contribution in [2.24, 2.45) is 5.73 Å². The molecule has 1 aromatic carbocycles. The molecule has 0 atom stereocenters. The highest BCUT2D eigenvalue weighted by molar-refractivity contribution is 5.27. The van der Waals surface area contributed by atoms with Crippen LogP contribution in [0.2, 0.25) is 0 Å². The van der Waals surface area contributed by atoms with Crippen LogP contribution in [0.4, 0.5) is 4.39 Å². The van der Waals surface area contributed by atoms with Gasteiger partial charge in [-0.1, -0.05) is 12.1 Å². The summed E-state index contributed by atoms with van der Waals surface area (Å²) in [5.41, 5.74) is 6.42. The Kier molecular flexibility index (Phi) is 2.88. The van der Waals surface area contributed by atoms with E-state index in [2.05, 4.69) is 0 Å². The molecular weight excluding hydrogens is 169 g/mol. The van der Waals surface area contributed by atoms with Crippen LogP contribution in [-0.4, -0.2) is 5.85 Å². The normalized spacial score (nSPS) is 11.4. The van der Waals surface area contributed by atoms with Crippen LogP contribution in [0.3, 0.4) is 0 Å². The minimum atomic E-state index is -1.63. The maximum atomic E-state index is 13.0. The van der Waals surface area contributed by atoms with Crippen LogP contribution in [0.5, 0.6) is 5.75 Å². The van der Waals surface area contributed by atoms with Gasteiger partial charge in [-0.05, 0) is 17.7 Å². The van der Waals surface area contributed by atoms with E-state index in [4.69, 9.17) is 10.5 Å². The molecule has 13 heavy (non-hydrogen) atoms. The van der Waals surface area contributed by atoms with Crippen LogP contribution in [-0.2, 0) is 6.54 Å². The molecule has 0 aliphatic carbocycles. The van der Waals surface area contributed by atoms with Crippen molar-refractivity contribution in [3.63, 3.8) is 0 Å². The lowest BCUT2D eigenvalue weighted by Crippen LogP contribution is -2.20. The van der Waals surface area contributed by atoms with Gasteiger partial charge in [0.1, 0.15) is 5.75 Å². The summed E-state index contributed by atoms with van der Waals surface area (Å²) in [5, 5.41) is 0. The van der Waals surface area contributed by atoms with E-state index in [1.807, 2.05) is 12.1 Å². The molecule has 0 aliphatic rings. The fourth-order valence-corrected chi connectivity index (χ4v) is 0.974. The van der Waals surface area contributed by atoms with Gasteiger partial charge in [-0.2, -0.15) is 4.39 Å². The fraction of sp³-hybridized carbons (Fsp3) is 0.400. The Hall–Kier alpha value is -1.09. The molecule has 0 bridgehead atoms. The summed E-state index contributed by atoms with van der Waals surface area (Å²) >= 11 is 0. The molecule has 0 heterocycles. The van der Waals surface area contributed by atoms with Crippen LogP contribution < -0.4 is 10.5 Å². The smallest absolute Gasteiger partial charge is 0.242 e. The van der Waals surface area contributed by atoms with Crippen molar-refractivity contribution in [1.82, 2.24) is 0 Å². The van der Waals surface area contributed by atoms with Gasteiger partial charge in [-0.15, -0.1) is 0 Å². The monoisotopic (exact) mass is 183 g/mol. The lowest BCUT2D eigenvalue weighted by Gasteiger charge is -2.16. The van der Waals surface area contributed by atoms with Crippen LogP contribution in [0.15, 0.2) is 24.3 Å². The molecule has 0 amide bonds. The molecule has 0 aliphatic heterocycles. The molecule has 3 heteroatoms. The molecule has 0 aromatic heterocycles. The predicted molar refractivity (Wildman–Crippen MR) is 50.1 cm³/mol. The van der Waals surface area contributed by atoms with E-state index in [9.17, 15) is 4.39 Å². The van der Waals surface area contributed by atoms with Gasteiger partial charge in [-0.3, -0.25) is 0 Å². The molecule has 1 rings (SSSR count). The van der Waals surface area contributed by atoms with Crippen molar-refractivity contribution in [2.75, 3.05) is 0 Å². The second-order valence-electron chi connectivity index (χ2n) is 3.31. The Labute approximate surface area is 77.5 Å². The molecule has 2 N–H and O–H groups in total. The summed E-state index contributed by atoms with van der Waals surface area (Å²) in [7, 11) is 0. The Bertz CT molecular complexity index is 263. The van der Waals surface area contributed by atoms with E-state index in [0.29, 0.717) is 12.3 Å². The van der Waals surface area contributed by atoms with Gasteiger partial charge in [0.25, 0.3) is 0 Å². The standard InChI is InChI=1S/C10H14FNO/c1-10(2,11)13-9-5-3-8(7-12)4-6-9/h3-6H,7,12H2,1-2H3. The maximum Gasteiger partial charge on any atom is 0.242 e. The number of benzene rings is 1. The molecule has 0 unspecified atom stereocenters. The zero-order valence-corrected chi connectivity index (χ0v) is 7.88. The van der Waals surface area contributed by atoms with Gasteiger partial charge in [0.2, 0.25) is 5.85 Å². The Morgan fingerprint density at radius 1 is 1.31 bits per heavy atom. The number of rotatable bonds is 3. The average Bonchev–Trinajstić information content (AvgIpc) is 2.03. The Morgan fingerprint density at radius 2 is 1.85 bits per heavy atom. The first kappa shape index (κ1) is 9.99. The van der Waals surface area contributed by atoms with Crippen molar-refractivity contribution in [3.05, 3.63) is 29.8 Å². The zero-order valence-electron chi connectivity index (χ0n) is 7.88. The quantitative estimate of drug-likeness (QED) is 0.779. The number of alkyl halides is 1. The van der Waals surface area contributed by atoms with Gasteiger partial charge in [0.05, 0.1) is 0 Å². The number of nitrogens with two attached hydrogens (primary N) is 1. The fourth-order valence-electron chi connectivity index (χ4n) is 0.974. The minimum Gasteiger partial charge on any atom is -0.459 e. The Balaban J connectivity index is 2.70. The van der Waals surface area contributed by atoms with E-state index in [1.54, 1.807) is 12.1 Å². The first-order valence-electron chi connectivity index (χ1n) is 4.18. The highest BCUT2D eigenvalue weighted by Gasteiger charge is 2.16. The molecule has 0 saturated heterocycles. The number of hydrogen-bond acceptors (Lipinski definition) is 2. The van der Waals surface area contributed by atoms with E-state index in [-0.39, 0.29) is 0 Å². The zero-order chi connectivity index (χ0) is 9.90. The van der Waals surface area contributed by atoms with Gasteiger partial charge in [0.15, 0.2) is 0 Å². The lowest BCUT2D eigenvalue weighted by atomic mass is 10.2. The summed E-state index contributed by atoms with van der Waals surface area (Å²) in [5.74, 6) is -1.12. The van der Waals surface area contributed by atoms with Crippen molar-refractivity contribution in [3.8, 4) is 5.75 Å². The summed E-state index contributed by atoms with van der Waals surface area (Å²) in [4.78, 5) is 0. The van der Waals surface area contributed by atoms with E-state index in [1.165, 1.54) is 13.8 Å². The predicted octanol–water partition coefficient (Wildman–Crippen LogP) is 2.23. The largest absolute Gasteiger partial charge is 0.459 e. The van der Waals surface area contributed by atoms with E-state index >= 15 is 0 Å². The van der Waals surface area contributed by atoms with Crippen LogP contribution in [0, 0.1) is 0 Å². The maximum absolute atomic E-state index is 13.0. The van der Waals surface area contributed by atoms with Crippen molar-refractivity contribution in [1.29, 1.82) is 0 Å². The second kappa shape index (κ2) is 3.75. The molecule has 0 radical (unpaired) electrons. The first-order valence-corrected chi connectivity index (χ1v) is 4.18. The number of hydrogen-bond donors (Lipinski definition) is 1. The molecular formula is C10H14FNO. The highest BCUT2D eigenvalue weighted by Crippen LogP contribution is 2.19. The van der Waals surface area contributed by atoms with Gasteiger partial charge in [-0.25, -0.2) is 0 Å². The van der Waals surface area contributed by atoms with Crippen molar-refractivity contribution >= 4 is 0 Å². The van der Waals surface area contributed by atoms with Crippen LogP contribution in [0.25, 0.3) is 0 Å². The topological polar surface area (TPSA) is 35.2 Å².